The second-order valence-corrected chi connectivity index (χ2v) is 9.38. The van der Waals surface area contributed by atoms with E-state index in [1.54, 1.807) is 0 Å². The number of carbonyl (C=O) groups excluding carboxylic acids is 1. The van der Waals surface area contributed by atoms with Gasteiger partial charge in [0.05, 0.1) is 6.04 Å². The number of amides is 1. The molecule has 0 aliphatic rings. The Kier molecular flexibility index (Phi) is 15.1. The standard InChI is InChI=1S/C28H36N3O4P/c1-4-5-6-7-14-19-26(32)31-27(24-15-10-8-11-16-24)28(25-17-12-9-13-18-25)35-36(33-22-20-29-2)34-23-21-30-3/h8-13,15-18,27-28H,4-7,14,19-23H2,1H3,(H,31,32). The van der Waals surface area contributed by atoms with Crippen LogP contribution in [-0.4, -0.2) is 32.2 Å². The van der Waals surface area contributed by atoms with Gasteiger partial charge in [-0.05, 0) is 17.5 Å². The molecule has 0 aromatic heterocycles. The van der Waals surface area contributed by atoms with Crippen LogP contribution in [-0.2, 0) is 18.4 Å². The zero-order valence-corrected chi connectivity index (χ0v) is 21.9. The number of benzene rings is 2. The van der Waals surface area contributed by atoms with Crippen molar-refractivity contribution in [3.8, 4) is 0 Å². The number of nitrogens with one attached hydrogen (secondary N) is 1. The smallest absolute Gasteiger partial charge is 0.333 e. The van der Waals surface area contributed by atoms with E-state index in [1.807, 2.05) is 60.7 Å². The molecule has 0 spiro atoms. The minimum Gasteiger partial charge on any atom is -0.346 e. The van der Waals surface area contributed by atoms with E-state index in [0.717, 1.165) is 36.8 Å². The van der Waals surface area contributed by atoms with Crippen molar-refractivity contribution in [1.82, 2.24) is 5.32 Å². The third-order valence-electron chi connectivity index (χ3n) is 5.41. The number of hydrogen-bond donors (Lipinski definition) is 1. The Morgan fingerprint density at radius 1 is 0.861 bits per heavy atom. The van der Waals surface area contributed by atoms with Crippen LogP contribution in [0.4, 0.5) is 0 Å². The molecule has 0 radical (unpaired) electrons. The summed E-state index contributed by atoms with van der Waals surface area (Å²) in [5.41, 5.74) is 1.77. The molecule has 0 aliphatic carbocycles. The molecule has 0 saturated heterocycles. The number of unbranched alkanes of at least 4 members (excludes halogenated alkanes) is 4. The first-order valence-corrected chi connectivity index (χ1v) is 13.6. The number of carbonyl (C=O) groups is 1. The highest BCUT2D eigenvalue weighted by Gasteiger charge is 2.31. The highest BCUT2D eigenvalue weighted by molar-refractivity contribution is 7.41. The maximum Gasteiger partial charge on any atom is 0.333 e. The Morgan fingerprint density at radius 3 is 1.97 bits per heavy atom. The molecule has 0 fully saturated rings. The van der Waals surface area contributed by atoms with Crippen LogP contribution >= 0.6 is 8.60 Å². The van der Waals surface area contributed by atoms with E-state index in [1.165, 1.54) is 6.42 Å². The van der Waals surface area contributed by atoms with Gasteiger partial charge in [-0.25, -0.2) is 13.1 Å². The average Bonchev–Trinajstić information content (AvgIpc) is 2.91. The van der Waals surface area contributed by atoms with Crippen LogP contribution in [0.3, 0.4) is 0 Å². The molecule has 0 heterocycles. The maximum atomic E-state index is 13.0. The summed E-state index contributed by atoms with van der Waals surface area (Å²) in [6.45, 7) is 16.9. The van der Waals surface area contributed by atoms with Crippen LogP contribution < -0.4 is 5.32 Å². The lowest BCUT2D eigenvalue weighted by molar-refractivity contribution is -0.122. The zero-order valence-electron chi connectivity index (χ0n) is 21.0. The molecule has 2 rings (SSSR count). The first-order chi connectivity index (χ1) is 17.7. The zero-order chi connectivity index (χ0) is 25.8. The van der Waals surface area contributed by atoms with E-state index in [9.17, 15) is 4.79 Å². The molecule has 7 nitrogen and oxygen atoms in total. The second-order valence-electron chi connectivity index (χ2n) is 8.21. The fourth-order valence-corrected chi connectivity index (χ4v) is 4.69. The minimum absolute atomic E-state index is 0.0305. The molecule has 2 aromatic rings. The predicted molar refractivity (Wildman–Crippen MR) is 143 cm³/mol. The Hall–Kier alpha value is -2.80. The number of hydrogen-bond acceptors (Lipinski definition) is 4. The molecule has 36 heavy (non-hydrogen) atoms. The van der Waals surface area contributed by atoms with Gasteiger partial charge in [0.1, 0.15) is 19.3 Å². The van der Waals surface area contributed by atoms with E-state index in [0.29, 0.717) is 6.42 Å². The van der Waals surface area contributed by atoms with Gasteiger partial charge in [0.2, 0.25) is 19.0 Å². The Balaban J connectivity index is 2.28. The molecule has 2 aromatic carbocycles. The summed E-state index contributed by atoms with van der Waals surface area (Å²) in [5, 5.41) is 3.20. The lowest BCUT2D eigenvalue weighted by atomic mass is 9.95. The van der Waals surface area contributed by atoms with Crippen molar-refractivity contribution in [3.05, 3.63) is 94.6 Å². The summed E-state index contributed by atoms with van der Waals surface area (Å²) < 4.78 is 17.9. The quantitative estimate of drug-likeness (QED) is 0.133. The lowest BCUT2D eigenvalue weighted by Gasteiger charge is -2.31. The normalized spacial score (nSPS) is 12.4. The third-order valence-corrected chi connectivity index (χ3v) is 6.60. The minimum atomic E-state index is -1.85. The van der Waals surface area contributed by atoms with Gasteiger partial charge in [-0.15, -0.1) is 0 Å². The first kappa shape index (κ1) is 29.4. The van der Waals surface area contributed by atoms with Gasteiger partial charge < -0.3 is 28.6 Å². The lowest BCUT2D eigenvalue weighted by Crippen LogP contribution is -2.33. The molecule has 0 aliphatic heterocycles. The van der Waals surface area contributed by atoms with Gasteiger partial charge in [-0.2, -0.15) is 0 Å². The fraction of sp³-hybridized carbons (Fsp3) is 0.464. The Bertz CT molecular complexity index is 927. The van der Waals surface area contributed by atoms with Crippen molar-refractivity contribution >= 4 is 14.5 Å². The van der Waals surface area contributed by atoms with Gasteiger partial charge in [0.25, 0.3) is 0 Å². The van der Waals surface area contributed by atoms with Gasteiger partial charge in [-0.1, -0.05) is 93.3 Å². The van der Waals surface area contributed by atoms with E-state index in [-0.39, 0.29) is 32.2 Å². The van der Waals surface area contributed by atoms with Crippen molar-refractivity contribution in [2.24, 2.45) is 0 Å². The summed E-state index contributed by atoms with van der Waals surface area (Å²) in [7, 11) is -1.85. The third kappa shape index (κ3) is 11.3. The number of rotatable bonds is 18. The van der Waals surface area contributed by atoms with Crippen molar-refractivity contribution in [1.29, 1.82) is 0 Å². The van der Waals surface area contributed by atoms with Gasteiger partial charge in [-0.3, -0.25) is 4.79 Å². The predicted octanol–water partition coefficient (Wildman–Crippen LogP) is 7.06. The van der Waals surface area contributed by atoms with Gasteiger partial charge in [0, 0.05) is 6.42 Å². The van der Waals surface area contributed by atoms with E-state index >= 15 is 0 Å². The van der Waals surface area contributed by atoms with Gasteiger partial charge in [0.15, 0.2) is 0 Å². The van der Waals surface area contributed by atoms with E-state index in [2.05, 4.69) is 21.9 Å². The van der Waals surface area contributed by atoms with Crippen molar-refractivity contribution in [2.75, 3.05) is 26.3 Å². The Morgan fingerprint density at radius 2 is 1.42 bits per heavy atom. The van der Waals surface area contributed by atoms with Crippen LogP contribution in [0.25, 0.3) is 9.69 Å². The molecule has 0 saturated carbocycles. The number of nitrogens with zero attached hydrogens (tertiary/aromatic N) is 2. The van der Waals surface area contributed by atoms with Crippen LogP contribution in [0, 0.1) is 13.1 Å². The topological polar surface area (TPSA) is 65.5 Å². The average molecular weight is 510 g/mol. The van der Waals surface area contributed by atoms with E-state index < -0.39 is 20.7 Å². The summed E-state index contributed by atoms with van der Waals surface area (Å²) in [4.78, 5) is 19.7. The summed E-state index contributed by atoms with van der Waals surface area (Å²) in [5.74, 6) is -0.0305. The fourth-order valence-electron chi connectivity index (χ4n) is 3.60. The summed E-state index contributed by atoms with van der Waals surface area (Å²) in [6.07, 6.45) is 5.22. The highest BCUT2D eigenvalue weighted by atomic mass is 31.2. The molecular formula is C28H36N3O4P. The molecule has 192 valence electrons. The van der Waals surface area contributed by atoms with Crippen molar-refractivity contribution in [2.45, 2.75) is 57.6 Å². The summed E-state index contributed by atoms with van der Waals surface area (Å²) >= 11 is 0. The van der Waals surface area contributed by atoms with Crippen LogP contribution in [0.1, 0.15) is 68.7 Å². The van der Waals surface area contributed by atoms with Crippen molar-refractivity contribution in [3.63, 3.8) is 0 Å². The van der Waals surface area contributed by atoms with Crippen LogP contribution in [0.15, 0.2) is 60.7 Å². The molecule has 2 unspecified atom stereocenters. The maximum absolute atomic E-state index is 13.0. The second kappa shape index (κ2) is 18.5. The van der Waals surface area contributed by atoms with Gasteiger partial charge >= 0.3 is 8.60 Å². The highest BCUT2D eigenvalue weighted by Crippen LogP contribution is 2.48. The molecule has 8 heteroatoms. The molecule has 2 atom stereocenters. The van der Waals surface area contributed by atoms with E-state index in [4.69, 9.17) is 26.7 Å². The SMILES string of the molecule is [C-]#[N+]CCOP(OCC[N+]#[C-])OC(c1ccccc1)C(NC(=O)CCCCCCC)c1ccccc1. The molecular weight excluding hydrogens is 473 g/mol. The molecule has 1 N–H and O–H groups in total. The van der Waals surface area contributed by atoms with Crippen LogP contribution in [0.5, 0.6) is 0 Å². The largest absolute Gasteiger partial charge is 0.346 e. The Labute approximate surface area is 216 Å². The first-order valence-electron chi connectivity index (χ1n) is 12.5. The summed E-state index contributed by atoms with van der Waals surface area (Å²) in [6, 6.07) is 18.9. The monoisotopic (exact) mass is 509 g/mol. The van der Waals surface area contributed by atoms with Crippen LogP contribution in [0.2, 0.25) is 0 Å². The molecule has 0 bridgehead atoms. The molecule has 1 amide bonds. The van der Waals surface area contributed by atoms with Crippen molar-refractivity contribution < 1.29 is 18.4 Å².